The predicted molar refractivity (Wildman–Crippen MR) is 148 cm³/mol. The summed E-state index contributed by atoms with van der Waals surface area (Å²) in [5.74, 6) is 0.601. The van der Waals surface area contributed by atoms with Gasteiger partial charge in [-0.2, -0.15) is 0 Å². The van der Waals surface area contributed by atoms with E-state index >= 15 is 0 Å². The van der Waals surface area contributed by atoms with Gasteiger partial charge in [0.2, 0.25) is 0 Å². The average molecular weight is 543 g/mol. The highest BCUT2D eigenvalue weighted by Crippen LogP contribution is 2.43. The normalized spacial score (nSPS) is 15.7. The molecular formula is C26H57NO6PS+. The number of aliphatic hydroxyl groups excluding tert-OH is 1. The Kier molecular flexibility index (Phi) is 22.6. The van der Waals surface area contributed by atoms with Crippen molar-refractivity contribution in [3.63, 3.8) is 0 Å². The Hall–Kier alpha value is 0.340. The maximum Gasteiger partial charge on any atom is 0.472 e. The van der Waals surface area contributed by atoms with Crippen LogP contribution in [0.25, 0.3) is 0 Å². The van der Waals surface area contributed by atoms with Gasteiger partial charge >= 0.3 is 7.82 Å². The van der Waals surface area contributed by atoms with E-state index in [1.54, 1.807) is 0 Å². The fraction of sp³-hybridized carbons (Fsp3) is 1.00. The van der Waals surface area contributed by atoms with Crippen LogP contribution in [0.4, 0.5) is 0 Å². The zero-order valence-corrected chi connectivity index (χ0v) is 25.0. The molecule has 0 aromatic carbocycles. The summed E-state index contributed by atoms with van der Waals surface area (Å²) in [5, 5.41) is 9.96. The first-order valence-electron chi connectivity index (χ1n) is 14.0. The molecule has 0 aromatic heterocycles. The number of quaternary nitrogens is 1. The molecule has 0 saturated carbocycles. The molecule has 0 heterocycles. The number of nitrogens with zero attached hydrogens (tertiary/aromatic N) is 1. The fourth-order valence-corrected chi connectivity index (χ4v) is 5.77. The quantitative estimate of drug-likeness (QED) is 0.0585. The third-order valence-electron chi connectivity index (χ3n) is 6.05. The van der Waals surface area contributed by atoms with E-state index in [4.69, 9.17) is 9.05 Å². The Morgan fingerprint density at radius 2 is 1.23 bits per heavy atom. The minimum absolute atomic E-state index is 0.0532. The van der Waals surface area contributed by atoms with Crippen LogP contribution in [-0.2, 0) is 24.8 Å². The van der Waals surface area contributed by atoms with Crippen LogP contribution in [-0.4, -0.2) is 77.5 Å². The molecule has 0 spiro atoms. The van der Waals surface area contributed by atoms with E-state index < -0.39 is 25.1 Å². The maximum absolute atomic E-state index is 12.1. The Bertz CT molecular complexity index is 521. The summed E-state index contributed by atoms with van der Waals surface area (Å²) in [6.45, 7) is 2.54. The molecule has 35 heavy (non-hydrogen) atoms. The molecule has 0 bridgehead atoms. The van der Waals surface area contributed by atoms with E-state index in [0.717, 1.165) is 12.8 Å². The molecule has 0 radical (unpaired) electrons. The molecule has 212 valence electrons. The average Bonchev–Trinajstić information content (AvgIpc) is 2.76. The number of likely N-dealkylation sites (N-methyl/N-ethyl adjacent to an activating group) is 1. The van der Waals surface area contributed by atoms with E-state index in [-0.39, 0.29) is 19.0 Å². The lowest BCUT2D eigenvalue weighted by atomic mass is 10.0. The van der Waals surface area contributed by atoms with Crippen LogP contribution >= 0.6 is 7.82 Å². The lowest BCUT2D eigenvalue weighted by Gasteiger charge is -2.24. The summed E-state index contributed by atoms with van der Waals surface area (Å²) in [4.78, 5) is 9.67. The van der Waals surface area contributed by atoms with Crippen molar-refractivity contribution in [3.8, 4) is 0 Å². The van der Waals surface area contributed by atoms with Crippen LogP contribution in [0.1, 0.15) is 110 Å². The molecule has 9 heteroatoms. The molecule has 0 aliphatic heterocycles. The molecule has 2 N–H and O–H groups in total. The van der Waals surface area contributed by atoms with Crippen molar-refractivity contribution in [1.82, 2.24) is 0 Å². The topological polar surface area (TPSA) is 99.1 Å². The van der Waals surface area contributed by atoms with Crippen molar-refractivity contribution in [2.24, 2.45) is 0 Å². The van der Waals surface area contributed by atoms with Gasteiger partial charge in [0.05, 0.1) is 27.7 Å². The summed E-state index contributed by atoms with van der Waals surface area (Å²) < 4.78 is 34.3. The minimum atomic E-state index is -4.20. The molecule has 0 saturated heterocycles. The molecular weight excluding hydrogens is 485 g/mol. The summed E-state index contributed by atoms with van der Waals surface area (Å²) in [6.07, 6.45) is 19.8. The van der Waals surface area contributed by atoms with Crippen LogP contribution in [0.2, 0.25) is 0 Å². The van der Waals surface area contributed by atoms with Gasteiger partial charge in [0.15, 0.2) is 0 Å². The number of aliphatic hydroxyl groups is 1. The number of hydrogen-bond donors (Lipinski definition) is 2. The highest BCUT2D eigenvalue weighted by molar-refractivity contribution is 7.91. The van der Waals surface area contributed by atoms with Gasteiger partial charge in [-0.05, 0) is 12.8 Å². The Labute approximate surface area is 219 Å². The number of unbranched alkanes of at least 4 members (excludes halogenated alkanes) is 15. The van der Waals surface area contributed by atoms with Crippen LogP contribution in [0.3, 0.4) is 0 Å². The zero-order valence-electron chi connectivity index (χ0n) is 23.3. The monoisotopic (exact) mass is 542 g/mol. The first-order chi connectivity index (χ1) is 16.6. The molecule has 3 unspecified atom stereocenters. The first-order valence-corrected chi connectivity index (χ1v) is 17.0. The summed E-state index contributed by atoms with van der Waals surface area (Å²) in [6, 6.07) is 0. The van der Waals surface area contributed by atoms with Gasteiger partial charge in [0, 0.05) is 0 Å². The van der Waals surface area contributed by atoms with Gasteiger partial charge in [0.1, 0.15) is 30.8 Å². The van der Waals surface area contributed by atoms with Crippen molar-refractivity contribution in [2.45, 2.75) is 116 Å². The summed E-state index contributed by atoms with van der Waals surface area (Å²) in [5.41, 5.74) is 0. The Morgan fingerprint density at radius 3 is 1.66 bits per heavy atom. The zero-order chi connectivity index (χ0) is 26.4. The largest absolute Gasteiger partial charge is 0.616 e. The van der Waals surface area contributed by atoms with Crippen molar-refractivity contribution in [3.05, 3.63) is 0 Å². The van der Waals surface area contributed by atoms with Crippen LogP contribution < -0.4 is 0 Å². The van der Waals surface area contributed by atoms with Crippen molar-refractivity contribution in [1.29, 1.82) is 0 Å². The minimum Gasteiger partial charge on any atom is -0.616 e. The van der Waals surface area contributed by atoms with Gasteiger partial charge in [-0.1, -0.05) is 108 Å². The molecule has 7 nitrogen and oxygen atoms in total. The first kappa shape index (κ1) is 35.3. The maximum atomic E-state index is 12.1. The molecule has 3 atom stereocenters. The summed E-state index contributed by atoms with van der Waals surface area (Å²) >= 11 is -1.16. The number of phosphoric ester groups is 1. The number of hydrogen-bond acceptors (Lipinski definition) is 5. The third kappa shape index (κ3) is 27.2. The van der Waals surface area contributed by atoms with E-state index in [2.05, 4.69) is 6.92 Å². The molecule has 0 rings (SSSR count). The lowest BCUT2D eigenvalue weighted by molar-refractivity contribution is -0.870. The lowest BCUT2D eigenvalue weighted by Crippen LogP contribution is -2.37. The number of rotatable bonds is 26. The molecule has 0 aromatic rings. The van der Waals surface area contributed by atoms with Gasteiger partial charge in [-0.25, -0.2) is 4.57 Å². The van der Waals surface area contributed by atoms with Gasteiger partial charge in [-0.15, -0.1) is 0 Å². The summed E-state index contributed by atoms with van der Waals surface area (Å²) in [7, 11) is 1.65. The van der Waals surface area contributed by atoms with Crippen LogP contribution in [0, 0.1) is 0 Å². The van der Waals surface area contributed by atoms with Crippen molar-refractivity contribution >= 4 is 19.0 Å². The van der Waals surface area contributed by atoms with E-state index in [1.165, 1.54) is 89.9 Å². The van der Waals surface area contributed by atoms with E-state index in [0.29, 0.717) is 16.8 Å². The van der Waals surface area contributed by atoms with Gasteiger partial charge in [0.25, 0.3) is 0 Å². The SMILES string of the molecule is CCCCCCCCCCCCCCCCCC[S+]([O-])CC(O)COP(=O)(O)OCC[N+](C)(C)C. The van der Waals surface area contributed by atoms with Crippen molar-refractivity contribution in [2.75, 3.05) is 52.4 Å². The second-order valence-corrected chi connectivity index (χ2v) is 14.0. The highest BCUT2D eigenvalue weighted by Gasteiger charge is 2.25. The van der Waals surface area contributed by atoms with E-state index in [1.807, 2.05) is 21.1 Å². The molecule has 0 fully saturated rings. The Morgan fingerprint density at radius 1 is 0.800 bits per heavy atom. The highest BCUT2D eigenvalue weighted by atomic mass is 32.2. The van der Waals surface area contributed by atoms with Crippen LogP contribution in [0.5, 0.6) is 0 Å². The molecule has 0 amide bonds. The van der Waals surface area contributed by atoms with E-state index in [9.17, 15) is 19.1 Å². The molecule has 0 aliphatic rings. The molecule has 0 aliphatic carbocycles. The van der Waals surface area contributed by atoms with Crippen molar-refractivity contribution < 1.29 is 32.6 Å². The van der Waals surface area contributed by atoms with Crippen LogP contribution in [0.15, 0.2) is 0 Å². The number of phosphoric acid groups is 1. The second-order valence-electron chi connectivity index (χ2n) is 10.9. The third-order valence-corrected chi connectivity index (χ3v) is 8.54. The Balaban J connectivity index is 3.52. The standard InChI is InChI=1S/C26H56NO6PS/c1-5-6-7-8-9-10-11-12-13-14-15-16-17-18-19-20-23-35(31)25-26(28)24-33-34(29,30)32-22-21-27(2,3)4/h26,28H,5-25H2,1-4H3/p+1. The van der Waals surface area contributed by atoms with Gasteiger partial charge in [-0.3, -0.25) is 9.05 Å². The fourth-order valence-electron chi connectivity index (χ4n) is 3.80. The second kappa shape index (κ2) is 22.3. The van der Waals surface area contributed by atoms with Gasteiger partial charge < -0.3 is 19.0 Å². The predicted octanol–water partition coefficient (Wildman–Crippen LogP) is 6.20. The smallest absolute Gasteiger partial charge is 0.472 e.